The van der Waals surface area contributed by atoms with Gasteiger partial charge in [-0.05, 0) is 5.75 Å². The monoisotopic (exact) mass is 155 g/mol. The summed E-state index contributed by atoms with van der Waals surface area (Å²) in [5, 5.41) is 0. The molecule has 1 nitrogen and oxygen atoms in total. The van der Waals surface area contributed by atoms with E-state index in [-0.39, 0.29) is 6.42 Å². The Labute approximate surface area is 58.0 Å². The van der Waals surface area contributed by atoms with E-state index in [0.29, 0.717) is 12.3 Å². The fourth-order valence-corrected chi connectivity index (χ4v) is 1.07. The topological polar surface area (TPSA) is 26.0 Å². The van der Waals surface area contributed by atoms with Crippen molar-refractivity contribution in [3.05, 3.63) is 0 Å². The predicted octanol–water partition coefficient (Wildman–Crippen LogP) is 1.33. The van der Waals surface area contributed by atoms with E-state index in [1.165, 1.54) is 11.8 Å². The summed E-state index contributed by atoms with van der Waals surface area (Å²) in [6.07, 6.45) is -2.17. The average molecular weight is 155 g/mol. The molecule has 0 radical (unpaired) electrons. The molecule has 0 aromatic heterocycles. The van der Waals surface area contributed by atoms with E-state index in [0.717, 1.165) is 5.75 Å². The Morgan fingerprint density at radius 3 is 2.44 bits per heavy atom. The van der Waals surface area contributed by atoms with Crippen LogP contribution >= 0.6 is 11.8 Å². The van der Waals surface area contributed by atoms with Crippen LogP contribution in [0.4, 0.5) is 8.78 Å². The zero-order valence-electron chi connectivity index (χ0n) is 5.15. The van der Waals surface area contributed by atoms with Crippen molar-refractivity contribution in [3.8, 4) is 0 Å². The molecule has 0 atom stereocenters. The minimum Gasteiger partial charge on any atom is -0.330 e. The number of hydrogen-bond donors (Lipinski definition) is 1. The molecule has 0 aromatic rings. The molecule has 0 spiro atoms. The van der Waals surface area contributed by atoms with Gasteiger partial charge in [0, 0.05) is 18.7 Å². The average Bonchev–Trinajstić information content (AvgIpc) is 1.80. The number of rotatable bonds is 5. The highest BCUT2D eigenvalue weighted by Gasteiger charge is 1.99. The number of nitrogens with two attached hydrogens (primary N) is 1. The van der Waals surface area contributed by atoms with Gasteiger partial charge in [-0.15, -0.1) is 0 Å². The molecule has 56 valence electrons. The highest BCUT2D eigenvalue weighted by Crippen LogP contribution is 2.06. The van der Waals surface area contributed by atoms with Crippen LogP contribution < -0.4 is 5.73 Å². The van der Waals surface area contributed by atoms with Gasteiger partial charge >= 0.3 is 0 Å². The Bertz CT molecular complexity index is 60.9. The van der Waals surface area contributed by atoms with Crippen molar-refractivity contribution in [1.29, 1.82) is 0 Å². The zero-order chi connectivity index (χ0) is 7.11. The molecule has 0 unspecified atom stereocenters. The van der Waals surface area contributed by atoms with E-state index in [4.69, 9.17) is 5.73 Å². The smallest absolute Gasteiger partial charge is 0.239 e. The lowest BCUT2D eigenvalue weighted by Crippen LogP contribution is -2.02. The molecule has 0 rings (SSSR count). The molecule has 0 aromatic carbocycles. The van der Waals surface area contributed by atoms with Gasteiger partial charge in [-0.2, -0.15) is 11.8 Å². The van der Waals surface area contributed by atoms with E-state index >= 15 is 0 Å². The van der Waals surface area contributed by atoms with Gasteiger partial charge in [0.25, 0.3) is 0 Å². The van der Waals surface area contributed by atoms with Crippen molar-refractivity contribution in [1.82, 2.24) is 0 Å². The molecule has 0 amide bonds. The summed E-state index contributed by atoms with van der Waals surface area (Å²) in [7, 11) is 0. The lowest BCUT2D eigenvalue weighted by atomic mass is 10.5. The van der Waals surface area contributed by atoms with Crippen LogP contribution in [0.2, 0.25) is 0 Å². The molecular weight excluding hydrogens is 144 g/mol. The molecule has 0 aliphatic heterocycles. The van der Waals surface area contributed by atoms with Gasteiger partial charge in [0.2, 0.25) is 6.43 Å². The van der Waals surface area contributed by atoms with E-state index < -0.39 is 6.43 Å². The van der Waals surface area contributed by atoms with Crippen molar-refractivity contribution >= 4 is 11.8 Å². The van der Waals surface area contributed by atoms with Gasteiger partial charge in [-0.3, -0.25) is 0 Å². The maximum Gasteiger partial charge on any atom is 0.239 e. The zero-order valence-corrected chi connectivity index (χ0v) is 5.96. The molecule has 0 aliphatic carbocycles. The van der Waals surface area contributed by atoms with Crippen LogP contribution in [-0.4, -0.2) is 24.5 Å². The second-order valence-electron chi connectivity index (χ2n) is 1.58. The molecule has 0 heterocycles. The summed E-state index contributed by atoms with van der Waals surface area (Å²) in [6, 6.07) is 0. The standard InChI is InChI=1S/C5H11F2NS/c6-5(7)1-3-9-4-2-8/h5H,1-4,8H2. The summed E-state index contributed by atoms with van der Waals surface area (Å²) in [5.41, 5.74) is 5.14. The molecule has 2 N–H and O–H groups in total. The number of alkyl halides is 2. The van der Waals surface area contributed by atoms with Crippen LogP contribution in [0.5, 0.6) is 0 Å². The van der Waals surface area contributed by atoms with Crippen LogP contribution in [0.15, 0.2) is 0 Å². The number of hydrogen-bond acceptors (Lipinski definition) is 2. The van der Waals surface area contributed by atoms with E-state index in [1.54, 1.807) is 0 Å². The summed E-state index contributed by atoms with van der Waals surface area (Å²) in [6.45, 7) is 0.577. The lowest BCUT2D eigenvalue weighted by molar-refractivity contribution is 0.145. The SMILES string of the molecule is NCCSCCC(F)F. The van der Waals surface area contributed by atoms with Crippen LogP contribution in [0.1, 0.15) is 6.42 Å². The first-order valence-electron chi connectivity index (χ1n) is 2.83. The fraction of sp³-hybridized carbons (Fsp3) is 1.00. The second kappa shape index (κ2) is 6.29. The van der Waals surface area contributed by atoms with Crippen molar-refractivity contribution in [2.24, 2.45) is 5.73 Å². The van der Waals surface area contributed by atoms with E-state index in [9.17, 15) is 8.78 Å². The lowest BCUT2D eigenvalue weighted by Gasteiger charge is -1.96. The Morgan fingerprint density at radius 1 is 1.33 bits per heavy atom. The summed E-state index contributed by atoms with van der Waals surface area (Å²) >= 11 is 1.48. The molecule has 0 saturated carbocycles. The first-order valence-corrected chi connectivity index (χ1v) is 3.98. The highest BCUT2D eigenvalue weighted by molar-refractivity contribution is 7.99. The molecule has 9 heavy (non-hydrogen) atoms. The third-order valence-corrected chi connectivity index (χ3v) is 1.79. The van der Waals surface area contributed by atoms with Crippen molar-refractivity contribution in [2.75, 3.05) is 18.1 Å². The van der Waals surface area contributed by atoms with Crippen LogP contribution in [0.25, 0.3) is 0 Å². The Hall–Kier alpha value is 0.170. The summed E-state index contributed by atoms with van der Waals surface area (Å²) in [5.74, 6) is 1.31. The van der Waals surface area contributed by atoms with Gasteiger partial charge in [0.15, 0.2) is 0 Å². The summed E-state index contributed by atoms with van der Waals surface area (Å²) < 4.78 is 22.8. The first kappa shape index (κ1) is 9.17. The molecular formula is C5H11F2NS. The van der Waals surface area contributed by atoms with E-state index in [1.807, 2.05) is 0 Å². The number of thioether (sulfide) groups is 1. The number of halogens is 2. The molecule has 0 bridgehead atoms. The Morgan fingerprint density at radius 2 is 2.00 bits per heavy atom. The molecule has 0 fully saturated rings. The van der Waals surface area contributed by atoms with Gasteiger partial charge in [0.1, 0.15) is 0 Å². The molecule has 4 heteroatoms. The third-order valence-electron chi connectivity index (χ3n) is 0.743. The van der Waals surface area contributed by atoms with Gasteiger partial charge in [-0.1, -0.05) is 0 Å². The molecule has 0 saturated heterocycles. The van der Waals surface area contributed by atoms with Crippen LogP contribution in [0, 0.1) is 0 Å². The van der Waals surface area contributed by atoms with Gasteiger partial charge < -0.3 is 5.73 Å². The summed E-state index contributed by atoms with van der Waals surface area (Å²) in [4.78, 5) is 0. The van der Waals surface area contributed by atoms with Crippen molar-refractivity contribution < 1.29 is 8.78 Å². The minimum atomic E-state index is -2.16. The van der Waals surface area contributed by atoms with E-state index in [2.05, 4.69) is 0 Å². The van der Waals surface area contributed by atoms with Crippen LogP contribution in [-0.2, 0) is 0 Å². The quantitative estimate of drug-likeness (QED) is 0.606. The maximum absolute atomic E-state index is 11.4. The van der Waals surface area contributed by atoms with Gasteiger partial charge in [-0.25, -0.2) is 8.78 Å². The maximum atomic E-state index is 11.4. The fourth-order valence-electron chi connectivity index (χ4n) is 0.358. The van der Waals surface area contributed by atoms with Crippen molar-refractivity contribution in [2.45, 2.75) is 12.8 Å². The second-order valence-corrected chi connectivity index (χ2v) is 2.81. The highest BCUT2D eigenvalue weighted by atomic mass is 32.2. The third kappa shape index (κ3) is 8.17. The Balaban J connectivity index is 2.75. The minimum absolute atomic E-state index is 0.00926. The van der Waals surface area contributed by atoms with Crippen molar-refractivity contribution in [3.63, 3.8) is 0 Å². The normalized spacial score (nSPS) is 10.7. The molecule has 0 aliphatic rings. The Kier molecular flexibility index (Phi) is 6.41. The van der Waals surface area contributed by atoms with Gasteiger partial charge in [0.05, 0.1) is 0 Å². The first-order chi connectivity index (χ1) is 4.27. The van der Waals surface area contributed by atoms with Crippen LogP contribution in [0.3, 0.4) is 0 Å². The predicted molar refractivity (Wildman–Crippen MR) is 37.0 cm³/mol. The largest absolute Gasteiger partial charge is 0.330 e.